The molecule has 5 nitrogen and oxygen atoms in total. The first-order chi connectivity index (χ1) is 8.62. The standard InChI is InChI=1S/C13H15NO4/c1-17-10-4-8(5-11(7-10)18-2)3-9-6-12(15)14-13(9)16/h4-5,7,9H,3,6H2,1-2H3,(H,14,15,16). The zero-order chi connectivity index (χ0) is 13.1. The van der Waals surface area contributed by atoms with Crippen LogP contribution in [-0.4, -0.2) is 26.0 Å². The van der Waals surface area contributed by atoms with Crippen LogP contribution < -0.4 is 14.8 Å². The van der Waals surface area contributed by atoms with Gasteiger partial charge in [-0.25, -0.2) is 0 Å². The molecule has 0 aromatic heterocycles. The van der Waals surface area contributed by atoms with Crippen LogP contribution >= 0.6 is 0 Å². The molecule has 1 aromatic carbocycles. The van der Waals surface area contributed by atoms with E-state index in [0.29, 0.717) is 17.9 Å². The molecule has 2 amide bonds. The van der Waals surface area contributed by atoms with Crippen LogP contribution in [0.5, 0.6) is 11.5 Å². The van der Waals surface area contributed by atoms with Crippen molar-refractivity contribution in [3.8, 4) is 11.5 Å². The number of carbonyl (C=O) groups excluding carboxylic acids is 2. The molecule has 96 valence electrons. The van der Waals surface area contributed by atoms with Crippen LogP contribution in [0.15, 0.2) is 18.2 Å². The molecule has 1 aliphatic rings. The maximum Gasteiger partial charge on any atom is 0.230 e. The molecule has 1 aromatic rings. The first-order valence-electron chi connectivity index (χ1n) is 5.68. The van der Waals surface area contributed by atoms with Crippen LogP contribution in [0.3, 0.4) is 0 Å². The Morgan fingerprint density at radius 1 is 1.17 bits per heavy atom. The minimum Gasteiger partial charge on any atom is -0.497 e. The molecule has 1 fully saturated rings. The van der Waals surface area contributed by atoms with Crippen molar-refractivity contribution in [3.05, 3.63) is 23.8 Å². The van der Waals surface area contributed by atoms with Crippen LogP contribution in [0.4, 0.5) is 0 Å². The fourth-order valence-corrected chi connectivity index (χ4v) is 2.04. The van der Waals surface area contributed by atoms with Gasteiger partial charge >= 0.3 is 0 Å². The van der Waals surface area contributed by atoms with Crippen LogP contribution in [0, 0.1) is 5.92 Å². The fraction of sp³-hybridized carbons (Fsp3) is 0.385. The van der Waals surface area contributed by atoms with Gasteiger partial charge < -0.3 is 9.47 Å². The molecule has 1 aliphatic heterocycles. The van der Waals surface area contributed by atoms with Gasteiger partial charge in [-0.3, -0.25) is 14.9 Å². The highest BCUT2D eigenvalue weighted by atomic mass is 16.5. The van der Waals surface area contributed by atoms with Crippen molar-refractivity contribution in [1.29, 1.82) is 0 Å². The Hall–Kier alpha value is -2.04. The Labute approximate surface area is 105 Å². The summed E-state index contributed by atoms with van der Waals surface area (Å²) in [5, 5.41) is 2.30. The molecular weight excluding hydrogens is 234 g/mol. The van der Waals surface area contributed by atoms with E-state index in [2.05, 4.69) is 5.32 Å². The number of benzene rings is 1. The zero-order valence-corrected chi connectivity index (χ0v) is 10.4. The summed E-state index contributed by atoms with van der Waals surface area (Å²) in [7, 11) is 3.15. The zero-order valence-electron chi connectivity index (χ0n) is 10.4. The number of amides is 2. The second-order valence-electron chi connectivity index (χ2n) is 4.24. The summed E-state index contributed by atoms with van der Waals surface area (Å²) in [4.78, 5) is 22.6. The van der Waals surface area contributed by atoms with Gasteiger partial charge in [0, 0.05) is 12.5 Å². The maximum atomic E-state index is 11.5. The lowest BCUT2D eigenvalue weighted by atomic mass is 9.97. The van der Waals surface area contributed by atoms with E-state index in [4.69, 9.17) is 9.47 Å². The highest BCUT2D eigenvalue weighted by molar-refractivity contribution is 6.03. The van der Waals surface area contributed by atoms with E-state index in [1.807, 2.05) is 12.1 Å². The van der Waals surface area contributed by atoms with E-state index in [9.17, 15) is 9.59 Å². The summed E-state index contributed by atoms with van der Waals surface area (Å²) in [6.45, 7) is 0. The molecule has 0 radical (unpaired) electrons. The van der Waals surface area contributed by atoms with Crippen LogP contribution in [-0.2, 0) is 16.0 Å². The lowest BCUT2D eigenvalue weighted by molar-refractivity contribution is -0.125. The first-order valence-corrected chi connectivity index (χ1v) is 5.68. The number of rotatable bonds is 4. The van der Waals surface area contributed by atoms with Crippen LogP contribution in [0.1, 0.15) is 12.0 Å². The maximum absolute atomic E-state index is 11.5. The number of nitrogens with one attached hydrogen (secondary N) is 1. The van der Waals surface area contributed by atoms with Gasteiger partial charge in [-0.2, -0.15) is 0 Å². The predicted octanol–water partition coefficient (Wildman–Crippen LogP) is 0.909. The fourth-order valence-electron chi connectivity index (χ4n) is 2.04. The van der Waals surface area contributed by atoms with Gasteiger partial charge in [0.15, 0.2) is 0 Å². The molecule has 5 heteroatoms. The summed E-state index contributed by atoms with van der Waals surface area (Å²) in [5.74, 6) is 0.638. The van der Waals surface area contributed by atoms with E-state index in [-0.39, 0.29) is 24.2 Å². The third-order valence-corrected chi connectivity index (χ3v) is 2.96. The number of ether oxygens (including phenoxy) is 2. The van der Waals surface area contributed by atoms with E-state index in [1.165, 1.54) is 0 Å². The van der Waals surface area contributed by atoms with Crippen molar-refractivity contribution in [2.45, 2.75) is 12.8 Å². The Bertz CT molecular complexity index is 462. The summed E-state index contributed by atoms with van der Waals surface area (Å²) in [6, 6.07) is 5.46. The van der Waals surface area contributed by atoms with Crippen molar-refractivity contribution in [1.82, 2.24) is 5.32 Å². The topological polar surface area (TPSA) is 64.6 Å². The molecule has 1 unspecified atom stereocenters. The quantitative estimate of drug-likeness (QED) is 0.805. The second-order valence-corrected chi connectivity index (χ2v) is 4.24. The van der Waals surface area contributed by atoms with Gasteiger partial charge in [-0.15, -0.1) is 0 Å². The Morgan fingerprint density at radius 2 is 1.78 bits per heavy atom. The smallest absolute Gasteiger partial charge is 0.230 e. The molecule has 1 saturated heterocycles. The van der Waals surface area contributed by atoms with Crippen molar-refractivity contribution in [3.63, 3.8) is 0 Å². The number of imide groups is 1. The number of methoxy groups -OCH3 is 2. The molecule has 1 N–H and O–H groups in total. The Morgan fingerprint density at radius 3 is 2.22 bits per heavy atom. The van der Waals surface area contributed by atoms with Gasteiger partial charge in [0.1, 0.15) is 11.5 Å². The second kappa shape index (κ2) is 5.08. The van der Waals surface area contributed by atoms with E-state index in [0.717, 1.165) is 5.56 Å². The molecule has 0 bridgehead atoms. The molecule has 18 heavy (non-hydrogen) atoms. The van der Waals surface area contributed by atoms with Crippen molar-refractivity contribution in [2.24, 2.45) is 5.92 Å². The average molecular weight is 249 g/mol. The van der Waals surface area contributed by atoms with E-state index < -0.39 is 0 Å². The monoisotopic (exact) mass is 249 g/mol. The van der Waals surface area contributed by atoms with Crippen molar-refractivity contribution >= 4 is 11.8 Å². The van der Waals surface area contributed by atoms with Crippen LogP contribution in [0.2, 0.25) is 0 Å². The van der Waals surface area contributed by atoms with Gasteiger partial charge in [0.05, 0.1) is 20.1 Å². The van der Waals surface area contributed by atoms with E-state index >= 15 is 0 Å². The van der Waals surface area contributed by atoms with Gasteiger partial charge in [0.25, 0.3) is 0 Å². The molecule has 0 aliphatic carbocycles. The number of hydrogen-bond acceptors (Lipinski definition) is 4. The van der Waals surface area contributed by atoms with Crippen molar-refractivity contribution in [2.75, 3.05) is 14.2 Å². The molecular formula is C13H15NO4. The third-order valence-electron chi connectivity index (χ3n) is 2.96. The predicted molar refractivity (Wildman–Crippen MR) is 64.5 cm³/mol. The van der Waals surface area contributed by atoms with Crippen molar-refractivity contribution < 1.29 is 19.1 Å². The van der Waals surface area contributed by atoms with Gasteiger partial charge in [-0.05, 0) is 24.1 Å². The lowest BCUT2D eigenvalue weighted by Gasteiger charge is -2.10. The van der Waals surface area contributed by atoms with Gasteiger partial charge in [-0.1, -0.05) is 0 Å². The molecule has 0 saturated carbocycles. The molecule has 1 atom stereocenters. The highest BCUT2D eigenvalue weighted by Crippen LogP contribution is 2.26. The SMILES string of the molecule is COc1cc(CC2CC(=O)NC2=O)cc(OC)c1. The Kier molecular flexibility index (Phi) is 3.50. The summed E-state index contributed by atoms with van der Waals surface area (Å²) < 4.78 is 10.3. The average Bonchev–Trinajstić information content (AvgIpc) is 2.67. The summed E-state index contributed by atoms with van der Waals surface area (Å²) in [5.41, 5.74) is 0.918. The first kappa shape index (κ1) is 12.4. The minimum atomic E-state index is -0.297. The number of carbonyl (C=O) groups is 2. The third kappa shape index (κ3) is 2.61. The molecule has 2 rings (SSSR count). The lowest BCUT2D eigenvalue weighted by Crippen LogP contribution is -2.22. The van der Waals surface area contributed by atoms with Gasteiger partial charge in [0.2, 0.25) is 11.8 Å². The molecule has 0 spiro atoms. The normalized spacial score (nSPS) is 18.7. The Balaban J connectivity index is 2.18. The summed E-state index contributed by atoms with van der Waals surface area (Å²) >= 11 is 0. The number of hydrogen-bond donors (Lipinski definition) is 1. The van der Waals surface area contributed by atoms with Crippen LogP contribution in [0.25, 0.3) is 0 Å². The minimum absolute atomic E-state index is 0.207. The summed E-state index contributed by atoms with van der Waals surface area (Å²) in [6.07, 6.45) is 0.753. The van der Waals surface area contributed by atoms with E-state index in [1.54, 1.807) is 20.3 Å². The molecule has 1 heterocycles. The highest BCUT2D eigenvalue weighted by Gasteiger charge is 2.30. The largest absolute Gasteiger partial charge is 0.497 e.